The lowest BCUT2D eigenvalue weighted by molar-refractivity contribution is 0.0746. The van der Waals surface area contributed by atoms with Gasteiger partial charge in [0.1, 0.15) is 5.82 Å². The number of rotatable bonds is 4. The predicted molar refractivity (Wildman–Crippen MR) is 100 cm³/mol. The first-order chi connectivity index (χ1) is 12.8. The maximum absolute atomic E-state index is 12.9. The van der Waals surface area contributed by atoms with E-state index < -0.39 is 0 Å². The molecule has 1 amide bonds. The van der Waals surface area contributed by atoms with Crippen LogP contribution >= 0.6 is 0 Å². The fourth-order valence-electron chi connectivity index (χ4n) is 3.67. The third-order valence-corrected chi connectivity index (χ3v) is 5.12. The Hall–Kier alpha value is -2.70. The van der Waals surface area contributed by atoms with E-state index in [0.717, 1.165) is 24.9 Å². The van der Waals surface area contributed by atoms with Gasteiger partial charge < -0.3 is 15.1 Å². The number of aromatic nitrogens is 3. The molecular weight excluding hydrogens is 328 g/mol. The van der Waals surface area contributed by atoms with Gasteiger partial charge in [-0.1, -0.05) is 12.8 Å². The van der Waals surface area contributed by atoms with Gasteiger partial charge in [-0.25, -0.2) is 15.0 Å². The highest BCUT2D eigenvalue weighted by atomic mass is 16.2. The number of piperazine rings is 1. The summed E-state index contributed by atoms with van der Waals surface area (Å²) in [6.45, 7) is 2.83. The van der Waals surface area contributed by atoms with Crippen molar-refractivity contribution in [3.8, 4) is 0 Å². The smallest absolute Gasteiger partial charge is 0.254 e. The van der Waals surface area contributed by atoms with Crippen molar-refractivity contribution in [2.45, 2.75) is 31.7 Å². The summed E-state index contributed by atoms with van der Waals surface area (Å²) in [5.74, 6) is 1.60. The first kappa shape index (κ1) is 16.8. The van der Waals surface area contributed by atoms with Gasteiger partial charge in [0, 0.05) is 56.4 Å². The van der Waals surface area contributed by atoms with Crippen molar-refractivity contribution in [1.82, 2.24) is 19.9 Å². The van der Waals surface area contributed by atoms with Gasteiger partial charge in [-0.05, 0) is 31.0 Å². The number of nitrogens with one attached hydrogen (secondary N) is 1. The van der Waals surface area contributed by atoms with E-state index in [4.69, 9.17) is 0 Å². The monoisotopic (exact) mass is 352 g/mol. The number of nitrogens with zero attached hydrogens (tertiary/aromatic N) is 5. The Kier molecular flexibility index (Phi) is 4.95. The van der Waals surface area contributed by atoms with Crippen molar-refractivity contribution >= 4 is 17.7 Å². The Morgan fingerprint density at radius 1 is 1.00 bits per heavy atom. The van der Waals surface area contributed by atoms with E-state index in [0.29, 0.717) is 24.7 Å². The van der Waals surface area contributed by atoms with Crippen LogP contribution in [0.25, 0.3) is 0 Å². The molecule has 1 aliphatic carbocycles. The second-order valence-corrected chi connectivity index (χ2v) is 6.88. The summed E-state index contributed by atoms with van der Waals surface area (Å²) in [7, 11) is 0. The molecule has 4 rings (SSSR count). The summed E-state index contributed by atoms with van der Waals surface area (Å²) < 4.78 is 0. The largest absolute Gasteiger partial charge is 0.367 e. The molecule has 0 atom stereocenters. The van der Waals surface area contributed by atoms with Gasteiger partial charge in [-0.15, -0.1) is 0 Å². The molecular formula is C19H24N6O. The molecule has 2 aromatic heterocycles. The van der Waals surface area contributed by atoms with E-state index in [1.165, 1.54) is 25.7 Å². The van der Waals surface area contributed by atoms with Gasteiger partial charge in [0.2, 0.25) is 5.95 Å². The molecule has 1 saturated heterocycles. The molecule has 26 heavy (non-hydrogen) atoms. The lowest BCUT2D eigenvalue weighted by atomic mass is 10.2. The fourth-order valence-corrected chi connectivity index (χ4v) is 3.67. The van der Waals surface area contributed by atoms with Crippen LogP contribution in [-0.2, 0) is 0 Å². The summed E-state index contributed by atoms with van der Waals surface area (Å²) in [5, 5.41) is 3.46. The van der Waals surface area contributed by atoms with Crippen LogP contribution in [0.4, 0.5) is 11.8 Å². The first-order valence-corrected chi connectivity index (χ1v) is 9.33. The van der Waals surface area contributed by atoms with Gasteiger partial charge >= 0.3 is 0 Å². The minimum Gasteiger partial charge on any atom is -0.367 e. The van der Waals surface area contributed by atoms with E-state index in [1.807, 2.05) is 17.0 Å². The molecule has 2 aromatic rings. The van der Waals surface area contributed by atoms with Crippen LogP contribution in [-0.4, -0.2) is 58.0 Å². The second-order valence-electron chi connectivity index (χ2n) is 6.88. The van der Waals surface area contributed by atoms with Crippen molar-refractivity contribution in [2.24, 2.45) is 0 Å². The molecule has 0 unspecified atom stereocenters. The number of anilines is 2. The number of hydrogen-bond acceptors (Lipinski definition) is 6. The minimum atomic E-state index is 0.0653. The molecule has 2 aliphatic rings. The molecule has 1 aliphatic heterocycles. The minimum absolute atomic E-state index is 0.0653. The number of amides is 1. The molecule has 1 saturated carbocycles. The third-order valence-electron chi connectivity index (χ3n) is 5.12. The molecule has 0 spiro atoms. The molecule has 0 bridgehead atoms. The second kappa shape index (κ2) is 7.68. The number of pyridine rings is 1. The van der Waals surface area contributed by atoms with E-state index in [1.54, 1.807) is 24.7 Å². The van der Waals surface area contributed by atoms with E-state index in [-0.39, 0.29) is 5.91 Å². The molecule has 2 fully saturated rings. The highest BCUT2D eigenvalue weighted by Crippen LogP contribution is 2.22. The summed E-state index contributed by atoms with van der Waals surface area (Å²) in [6, 6.07) is 5.98. The topological polar surface area (TPSA) is 74.2 Å². The zero-order valence-corrected chi connectivity index (χ0v) is 14.8. The van der Waals surface area contributed by atoms with Gasteiger partial charge in [-0.3, -0.25) is 4.79 Å². The lowest BCUT2D eigenvalue weighted by Crippen LogP contribution is -2.49. The average Bonchev–Trinajstić information content (AvgIpc) is 3.21. The molecule has 7 nitrogen and oxygen atoms in total. The van der Waals surface area contributed by atoms with E-state index in [9.17, 15) is 4.79 Å². The van der Waals surface area contributed by atoms with Crippen LogP contribution in [0.2, 0.25) is 0 Å². The summed E-state index contributed by atoms with van der Waals surface area (Å²) in [6.07, 6.45) is 10.1. The molecule has 0 aromatic carbocycles. The van der Waals surface area contributed by atoms with Gasteiger partial charge in [-0.2, -0.15) is 0 Å². The predicted octanol–water partition coefficient (Wildman–Crippen LogP) is 2.19. The van der Waals surface area contributed by atoms with Crippen LogP contribution in [0.5, 0.6) is 0 Å². The summed E-state index contributed by atoms with van der Waals surface area (Å²) in [4.78, 5) is 29.8. The van der Waals surface area contributed by atoms with Crippen LogP contribution in [0.15, 0.2) is 36.8 Å². The SMILES string of the molecule is O=C(c1ccnc(NC2CCCC2)c1)N1CCN(c2ncccn2)CC1. The molecule has 0 radical (unpaired) electrons. The van der Waals surface area contributed by atoms with Crippen LogP contribution < -0.4 is 10.2 Å². The fraction of sp³-hybridized carbons (Fsp3) is 0.474. The molecule has 136 valence electrons. The van der Waals surface area contributed by atoms with Crippen LogP contribution in [0.3, 0.4) is 0 Å². The zero-order chi connectivity index (χ0) is 17.8. The van der Waals surface area contributed by atoms with Gasteiger partial charge in [0.05, 0.1) is 0 Å². The molecule has 1 N–H and O–H groups in total. The number of hydrogen-bond donors (Lipinski definition) is 1. The zero-order valence-electron chi connectivity index (χ0n) is 14.8. The standard InChI is InChI=1S/C19H24N6O/c26-18(15-6-9-20-17(14-15)23-16-4-1-2-5-16)24-10-12-25(13-11-24)19-21-7-3-8-22-19/h3,6-9,14,16H,1-2,4-5,10-13H2,(H,20,23). The van der Waals surface area contributed by atoms with Gasteiger partial charge in [0.25, 0.3) is 5.91 Å². The maximum atomic E-state index is 12.9. The van der Waals surface area contributed by atoms with Crippen LogP contribution in [0.1, 0.15) is 36.0 Å². The summed E-state index contributed by atoms with van der Waals surface area (Å²) in [5.41, 5.74) is 0.699. The van der Waals surface area contributed by atoms with Crippen molar-refractivity contribution in [3.05, 3.63) is 42.4 Å². The summed E-state index contributed by atoms with van der Waals surface area (Å²) >= 11 is 0. The quantitative estimate of drug-likeness (QED) is 0.909. The Balaban J connectivity index is 1.37. The molecule has 3 heterocycles. The third kappa shape index (κ3) is 3.76. The Morgan fingerprint density at radius 3 is 2.46 bits per heavy atom. The normalized spacial score (nSPS) is 18.2. The highest BCUT2D eigenvalue weighted by molar-refractivity contribution is 5.95. The Bertz CT molecular complexity index is 739. The lowest BCUT2D eigenvalue weighted by Gasteiger charge is -2.34. The Labute approximate surface area is 153 Å². The van der Waals surface area contributed by atoms with Crippen molar-refractivity contribution in [3.63, 3.8) is 0 Å². The van der Waals surface area contributed by atoms with Gasteiger partial charge in [0.15, 0.2) is 0 Å². The van der Waals surface area contributed by atoms with E-state index >= 15 is 0 Å². The highest BCUT2D eigenvalue weighted by Gasteiger charge is 2.24. The number of carbonyl (C=O) groups excluding carboxylic acids is 1. The average molecular weight is 352 g/mol. The van der Waals surface area contributed by atoms with Crippen LogP contribution in [0, 0.1) is 0 Å². The Morgan fingerprint density at radius 2 is 1.73 bits per heavy atom. The number of carbonyl (C=O) groups is 1. The van der Waals surface area contributed by atoms with Crippen molar-refractivity contribution < 1.29 is 4.79 Å². The van der Waals surface area contributed by atoms with Crippen molar-refractivity contribution in [1.29, 1.82) is 0 Å². The van der Waals surface area contributed by atoms with Crippen molar-refractivity contribution in [2.75, 3.05) is 36.4 Å². The van der Waals surface area contributed by atoms with E-state index in [2.05, 4.69) is 25.2 Å². The molecule has 7 heteroatoms. The first-order valence-electron chi connectivity index (χ1n) is 9.33. The maximum Gasteiger partial charge on any atom is 0.254 e.